The van der Waals surface area contributed by atoms with Crippen molar-refractivity contribution >= 4 is 5.97 Å². The standard InChI is InChI=1S/C14H13F3O2/c1-19-13(18)11-3-2-10(8-11)9-4-6-12(7-5-9)14(15,16)17/h2-7,10-11H,8H2,1H3/t10-,11-/m1/s1. The molecule has 19 heavy (non-hydrogen) atoms. The Balaban J connectivity index is 2.09. The predicted octanol–water partition coefficient (Wildman–Crippen LogP) is 3.54. The van der Waals surface area contributed by atoms with Crippen LogP contribution in [0.2, 0.25) is 0 Å². The van der Waals surface area contributed by atoms with E-state index < -0.39 is 11.7 Å². The zero-order valence-electron chi connectivity index (χ0n) is 10.3. The largest absolute Gasteiger partial charge is 0.469 e. The molecule has 5 heteroatoms. The van der Waals surface area contributed by atoms with Crippen molar-refractivity contribution < 1.29 is 22.7 Å². The number of hydrogen-bond donors (Lipinski definition) is 0. The molecule has 0 radical (unpaired) electrons. The molecular weight excluding hydrogens is 257 g/mol. The smallest absolute Gasteiger partial charge is 0.416 e. The molecule has 2 nitrogen and oxygen atoms in total. The Labute approximate surface area is 108 Å². The molecule has 1 aliphatic carbocycles. The Morgan fingerprint density at radius 3 is 2.37 bits per heavy atom. The summed E-state index contributed by atoms with van der Waals surface area (Å²) >= 11 is 0. The van der Waals surface area contributed by atoms with Crippen LogP contribution in [0, 0.1) is 5.92 Å². The van der Waals surface area contributed by atoms with E-state index in [1.54, 1.807) is 6.08 Å². The van der Waals surface area contributed by atoms with Gasteiger partial charge in [-0.3, -0.25) is 4.79 Å². The molecule has 0 aromatic heterocycles. The molecule has 1 aromatic rings. The van der Waals surface area contributed by atoms with Crippen LogP contribution in [-0.4, -0.2) is 13.1 Å². The van der Waals surface area contributed by atoms with Gasteiger partial charge in [0, 0.05) is 5.92 Å². The maximum Gasteiger partial charge on any atom is 0.416 e. The average molecular weight is 270 g/mol. The molecule has 1 aliphatic rings. The van der Waals surface area contributed by atoms with Crippen LogP contribution in [0.5, 0.6) is 0 Å². The highest BCUT2D eigenvalue weighted by molar-refractivity contribution is 5.75. The second kappa shape index (κ2) is 5.07. The number of carbonyl (C=O) groups excluding carboxylic acids is 1. The van der Waals surface area contributed by atoms with Gasteiger partial charge in [0.25, 0.3) is 0 Å². The number of esters is 1. The number of rotatable bonds is 2. The molecule has 0 spiro atoms. The lowest BCUT2D eigenvalue weighted by Gasteiger charge is -2.12. The summed E-state index contributed by atoms with van der Waals surface area (Å²) in [5.41, 5.74) is 0.110. The molecule has 1 aromatic carbocycles. The van der Waals surface area contributed by atoms with Gasteiger partial charge in [0.05, 0.1) is 18.6 Å². The predicted molar refractivity (Wildman–Crippen MR) is 63.4 cm³/mol. The summed E-state index contributed by atoms with van der Waals surface area (Å²) in [6, 6.07) is 5.04. The summed E-state index contributed by atoms with van der Waals surface area (Å²) in [6.07, 6.45) is -0.199. The van der Waals surface area contributed by atoms with Gasteiger partial charge < -0.3 is 4.74 Å². The van der Waals surface area contributed by atoms with E-state index in [0.717, 1.165) is 17.7 Å². The second-order valence-electron chi connectivity index (χ2n) is 4.48. The maximum absolute atomic E-state index is 12.4. The SMILES string of the molecule is COC(=O)[C@@H]1C=C[C@@H](c2ccc(C(F)(F)F)cc2)C1. The normalized spacial score (nSPS) is 22.5. The van der Waals surface area contributed by atoms with Crippen molar-refractivity contribution in [3.63, 3.8) is 0 Å². The number of benzene rings is 1. The first kappa shape index (κ1) is 13.6. The van der Waals surface area contributed by atoms with Gasteiger partial charge in [0.1, 0.15) is 0 Å². The topological polar surface area (TPSA) is 26.3 Å². The van der Waals surface area contributed by atoms with Crippen LogP contribution in [0.3, 0.4) is 0 Å². The number of allylic oxidation sites excluding steroid dienone is 1. The molecule has 102 valence electrons. The summed E-state index contributed by atoms with van der Waals surface area (Å²) in [5.74, 6) is -0.658. The van der Waals surface area contributed by atoms with E-state index in [2.05, 4.69) is 4.74 Å². The van der Waals surface area contributed by atoms with Crippen molar-refractivity contribution in [2.75, 3.05) is 7.11 Å². The van der Waals surface area contributed by atoms with Gasteiger partial charge in [-0.2, -0.15) is 13.2 Å². The lowest BCUT2D eigenvalue weighted by Crippen LogP contribution is -2.12. The van der Waals surface area contributed by atoms with Gasteiger partial charge in [0.2, 0.25) is 0 Å². The first-order chi connectivity index (χ1) is 8.91. The molecule has 0 amide bonds. The van der Waals surface area contributed by atoms with Crippen molar-refractivity contribution in [3.05, 3.63) is 47.5 Å². The number of hydrogen-bond acceptors (Lipinski definition) is 2. The average Bonchev–Trinajstić information content (AvgIpc) is 2.86. The first-order valence-corrected chi connectivity index (χ1v) is 5.85. The van der Waals surface area contributed by atoms with E-state index in [9.17, 15) is 18.0 Å². The first-order valence-electron chi connectivity index (χ1n) is 5.85. The molecule has 0 saturated carbocycles. The zero-order valence-corrected chi connectivity index (χ0v) is 10.3. The Morgan fingerprint density at radius 1 is 1.21 bits per heavy atom. The second-order valence-corrected chi connectivity index (χ2v) is 4.48. The molecule has 0 fully saturated rings. The molecule has 0 bridgehead atoms. The van der Waals surface area contributed by atoms with Crippen LogP contribution in [0.4, 0.5) is 13.2 Å². The van der Waals surface area contributed by atoms with Crippen molar-refractivity contribution in [3.8, 4) is 0 Å². The summed E-state index contributed by atoms with van der Waals surface area (Å²) in [6.45, 7) is 0. The third-order valence-corrected chi connectivity index (χ3v) is 3.25. The molecule has 2 rings (SSSR count). The van der Waals surface area contributed by atoms with Crippen LogP contribution >= 0.6 is 0 Å². The van der Waals surface area contributed by atoms with Crippen LogP contribution in [-0.2, 0) is 15.7 Å². The zero-order chi connectivity index (χ0) is 14.0. The van der Waals surface area contributed by atoms with Gasteiger partial charge >= 0.3 is 12.1 Å². The van der Waals surface area contributed by atoms with Gasteiger partial charge in [0.15, 0.2) is 0 Å². The molecular formula is C14H13F3O2. The van der Waals surface area contributed by atoms with Gasteiger partial charge in [-0.25, -0.2) is 0 Å². The maximum atomic E-state index is 12.4. The fourth-order valence-corrected chi connectivity index (χ4v) is 2.19. The highest BCUT2D eigenvalue weighted by Gasteiger charge is 2.31. The van der Waals surface area contributed by atoms with Crippen molar-refractivity contribution in [2.24, 2.45) is 5.92 Å². The quantitative estimate of drug-likeness (QED) is 0.607. The molecule has 0 saturated heterocycles. The van der Waals surface area contributed by atoms with Crippen molar-refractivity contribution in [1.82, 2.24) is 0 Å². The fourth-order valence-electron chi connectivity index (χ4n) is 2.19. The number of halogens is 3. The van der Waals surface area contributed by atoms with Crippen LogP contribution in [0.15, 0.2) is 36.4 Å². The lowest BCUT2D eigenvalue weighted by molar-refractivity contribution is -0.143. The Bertz CT molecular complexity index is 488. The highest BCUT2D eigenvalue weighted by atomic mass is 19.4. The lowest BCUT2D eigenvalue weighted by atomic mass is 9.95. The fraction of sp³-hybridized carbons (Fsp3) is 0.357. The Hall–Kier alpha value is -1.78. The number of methoxy groups -OCH3 is 1. The van der Waals surface area contributed by atoms with Crippen molar-refractivity contribution in [1.29, 1.82) is 0 Å². The van der Waals surface area contributed by atoms with E-state index in [1.165, 1.54) is 19.2 Å². The van der Waals surface area contributed by atoms with E-state index in [-0.39, 0.29) is 17.8 Å². The van der Waals surface area contributed by atoms with E-state index in [4.69, 9.17) is 0 Å². The van der Waals surface area contributed by atoms with Gasteiger partial charge in [-0.15, -0.1) is 0 Å². The van der Waals surface area contributed by atoms with Crippen LogP contribution < -0.4 is 0 Å². The summed E-state index contributed by atoms with van der Waals surface area (Å²) in [5, 5.41) is 0. The summed E-state index contributed by atoms with van der Waals surface area (Å²) in [4.78, 5) is 11.4. The van der Waals surface area contributed by atoms with E-state index in [1.807, 2.05) is 6.08 Å². The number of carbonyl (C=O) groups is 1. The van der Waals surface area contributed by atoms with E-state index >= 15 is 0 Å². The molecule has 0 aliphatic heterocycles. The third kappa shape index (κ3) is 2.97. The van der Waals surface area contributed by atoms with Crippen molar-refractivity contribution in [2.45, 2.75) is 18.5 Å². The third-order valence-electron chi connectivity index (χ3n) is 3.25. The Morgan fingerprint density at radius 2 is 1.84 bits per heavy atom. The van der Waals surface area contributed by atoms with Crippen LogP contribution in [0.1, 0.15) is 23.5 Å². The summed E-state index contributed by atoms with van der Waals surface area (Å²) < 4.78 is 41.9. The molecule has 0 heterocycles. The number of ether oxygens (including phenoxy) is 1. The molecule has 2 atom stereocenters. The minimum atomic E-state index is -4.32. The minimum Gasteiger partial charge on any atom is -0.469 e. The van der Waals surface area contributed by atoms with Gasteiger partial charge in [-0.05, 0) is 24.1 Å². The summed E-state index contributed by atoms with van der Waals surface area (Å²) in [7, 11) is 1.32. The molecule has 0 unspecified atom stereocenters. The van der Waals surface area contributed by atoms with Gasteiger partial charge in [-0.1, -0.05) is 24.3 Å². The van der Waals surface area contributed by atoms with Crippen LogP contribution in [0.25, 0.3) is 0 Å². The number of alkyl halides is 3. The minimum absolute atomic E-state index is 0.0358. The van der Waals surface area contributed by atoms with E-state index in [0.29, 0.717) is 6.42 Å². The highest BCUT2D eigenvalue weighted by Crippen LogP contribution is 2.35. The Kier molecular flexibility index (Phi) is 3.64. The molecule has 0 N–H and O–H groups in total. The monoisotopic (exact) mass is 270 g/mol.